The molecule has 3 nitrogen and oxygen atoms in total. The van der Waals surface area contributed by atoms with Gasteiger partial charge in [0.25, 0.3) is 0 Å². The number of aliphatic imine (C=N–C) groups is 1. The Bertz CT molecular complexity index is 370. The Morgan fingerprint density at radius 3 is 2.40 bits per heavy atom. The molecule has 1 aromatic rings. The zero-order valence-corrected chi connectivity index (χ0v) is 9.33. The zero-order valence-electron chi connectivity index (χ0n) is 9.33. The van der Waals surface area contributed by atoms with Gasteiger partial charge in [0.05, 0.1) is 6.54 Å². The normalized spacial score (nSPS) is 9.53. The van der Waals surface area contributed by atoms with Crippen molar-refractivity contribution >= 4 is 6.08 Å². The number of rotatable bonds is 4. The summed E-state index contributed by atoms with van der Waals surface area (Å²) in [7, 11) is 0. The van der Waals surface area contributed by atoms with E-state index < -0.39 is 0 Å². The minimum atomic E-state index is 0.357. The number of hydrogen-bond acceptors (Lipinski definition) is 3. The fraction of sp³-hybridized carbons (Fsp3) is 0.417. The van der Waals surface area contributed by atoms with Crippen LogP contribution in [0.25, 0.3) is 0 Å². The maximum absolute atomic E-state index is 9.85. The average molecular weight is 205 g/mol. The molecular weight excluding hydrogens is 190 g/mol. The number of carbonyl (C=O) groups excluding carboxylic acids is 1. The summed E-state index contributed by atoms with van der Waals surface area (Å²) in [5.74, 6) is 0.890. The third-order valence-corrected chi connectivity index (χ3v) is 2.12. The minimum absolute atomic E-state index is 0.357. The first-order chi connectivity index (χ1) is 7.15. The maximum atomic E-state index is 9.85. The average Bonchev–Trinajstić information content (AvgIpc) is 2.15. The molecule has 0 aliphatic rings. The molecule has 0 aliphatic heterocycles. The van der Waals surface area contributed by atoms with Gasteiger partial charge in [0.1, 0.15) is 12.4 Å². The van der Waals surface area contributed by atoms with E-state index in [1.54, 1.807) is 0 Å². The fourth-order valence-electron chi connectivity index (χ4n) is 1.63. The third kappa shape index (κ3) is 3.22. The van der Waals surface area contributed by atoms with Crippen LogP contribution < -0.4 is 4.74 Å². The highest BCUT2D eigenvalue weighted by Gasteiger charge is 2.04. The highest BCUT2D eigenvalue weighted by Crippen LogP contribution is 2.24. The number of hydrogen-bond donors (Lipinski definition) is 0. The van der Waals surface area contributed by atoms with E-state index in [1.165, 1.54) is 11.6 Å². The largest absolute Gasteiger partial charge is 0.491 e. The molecule has 3 heteroatoms. The van der Waals surface area contributed by atoms with E-state index >= 15 is 0 Å². The van der Waals surface area contributed by atoms with Crippen molar-refractivity contribution in [2.24, 2.45) is 4.99 Å². The van der Waals surface area contributed by atoms with E-state index in [2.05, 4.69) is 24.0 Å². The second-order valence-electron chi connectivity index (χ2n) is 3.55. The number of ether oxygens (including phenoxy) is 1. The topological polar surface area (TPSA) is 38.7 Å². The summed E-state index contributed by atoms with van der Waals surface area (Å²) in [4.78, 5) is 13.3. The minimum Gasteiger partial charge on any atom is -0.491 e. The van der Waals surface area contributed by atoms with Crippen molar-refractivity contribution in [3.8, 4) is 5.75 Å². The summed E-state index contributed by atoms with van der Waals surface area (Å²) < 4.78 is 5.55. The third-order valence-electron chi connectivity index (χ3n) is 2.12. The van der Waals surface area contributed by atoms with Crippen LogP contribution in [-0.2, 0) is 4.79 Å². The van der Waals surface area contributed by atoms with Gasteiger partial charge in [-0.05, 0) is 31.9 Å². The van der Waals surface area contributed by atoms with Crippen LogP contribution in [0.4, 0.5) is 0 Å². The van der Waals surface area contributed by atoms with Crippen LogP contribution in [0.3, 0.4) is 0 Å². The second-order valence-corrected chi connectivity index (χ2v) is 3.55. The summed E-state index contributed by atoms with van der Waals surface area (Å²) in [5, 5.41) is 0. The van der Waals surface area contributed by atoms with E-state index in [0.717, 1.165) is 16.9 Å². The first-order valence-electron chi connectivity index (χ1n) is 4.89. The van der Waals surface area contributed by atoms with Crippen LogP contribution in [0.15, 0.2) is 17.1 Å². The molecule has 0 saturated heterocycles. The molecule has 0 aromatic heterocycles. The van der Waals surface area contributed by atoms with Gasteiger partial charge in [0.2, 0.25) is 6.08 Å². The van der Waals surface area contributed by atoms with Gasteiger partial charge in [0, 0.05) is 0 Å². The molecule has 0 saturated carbocycles. The number of nitrogens with zero attached hydrogens (tertiary/aromatic N) is 1. The summed E-state index contributed by atoms with van der Waals surface area (Å²) >= 11 is 0. The lowest BCUT2D eigenvalue weighted by Gasteiger charge is -2.11. The predicted octanol–water partition coefficient (Wildman–Crippen LogP) is 2.33. The standard InChI is InChI=1S/C12H15NO2/c1-9-6-10(2)12(11(3)7-9)15-5-4-13-8-14/h6-7H,4-5H2,1-3H3. The van der Waals surface area contributed by atoms with Crippen molar-refractivity contribution in [2.75, 3.05) is 13.2 Å². The highest BCUT2D eigenvalue weighted by atomic mass is 16.5. The monoisotopic (exact) mass is 205 g/mol. The second kappa shape index (κ2) is 5.32. The fourth-order valence-corrected chi connectivity index (χ4v) is 1.63. The van der Waals surface area contributed by atoms with Crippen LogP contribution in [-0.4, -0.2) is 19.2 Å². The molecule has 0 atom stereocenters. The lowest BCUT2D eigenvalue weighted by Crippen LogP contribution is -2.03. The molecule has 0 aliphatic carbocycles. The molecule has 15 heavy (non-hydrogen) atoms. The van der Waals surface area contributed by atoms with Crippen molar-refractivity contribution in [1.29, 1.82) is 0 Å². The van der Waals surface area contributed by atoms with Gasteiger partial charge in [-0.3, -0.25) is 0 Å². The van der Waals surface area contributed by atoms with E-state index in [-0.39, 0.29) is 0 Å². The number of isocyanates is 1. The highest BCUT2D eigenvalue weighted by molar-refractivity contribution is 5.42. The summed E-state index contributed by atoms with van der Waals surface area (Å²) in [6.45, 7) is 6.85. The molecule has 1 aromatic carbocycles. The molecule has 0 N–H and O–H groups in total. The first-order valence-corrected chi connectivity index (χ1v) is 4.89. The van der Waals surface area contributed by atoms with Crippen LogP contribution in [0, 0.1) is 20.8 Å². The molecule has 0 heterocycles. The van der Waals surface area contributed by atoms with Crippen LogP contribution in [0.1, 0.15) is 16.7 Å². The Morgan fingerprint density at radius 1 is 1.27 bits per heavy atom. The van der Waals surface area contributed by atoms with Gasteiger partial charge < -0.3 is 4.74 Å². The molecule has 0 amide bonds. The van der Waals surface area contributed by atoms with Gasteiger partial charge in [-0.1, -0.05) is 17.7 Å². The van der Waals surface area contributed by atoms with Gasteiger partial charge >= 0.3 is 0 Å². The Balaban J connectivity index is 2.72. The molecule has 0 radical (unpaired) electrons. The molecule has 0 fully saturated rings. The van der Waals surface area contributed by atoms with Crippen LogP contribution in [0.2, 0.25) is 0 Å². The quantitative estimate of drug-likeness (QED) is 0.430. The van der Waals surface area contributed by atoms with Gasteiger partial charge in [-0.15, -0.1) is 0 Å². The zero-order chi connectivity index (χ0) is 11.3. The van der Waals surface area contributed by atoms with Crippen molar-refractivity contribution in [3.05, 3.63) is 28.8 Å². The molecule has 0 spiro atoms. The predicted molar refractivity (Wildman–Crippen MR) is 59.1 cm³/mol. The molecular formula is C12H15NO2. The van der Waals surface area contributed by atoms with Gasteiger partial charge in [-0.2, -0.15) is 0 Å². The maximum Gasteiger partial charge on any atom is 0.235 e. The molecule has 0 bridgehead atoms. The Labute approximate surface area is 89.8 Å². The van der Waals surface area contributed by atoms with Crippen LogP contribution >= 0.6 is 0 Å². The molecule has 80 valence electrons. The number of benzene rings is 1. The summed E-state index contributed by atoms with van der Waals surface area (Å²) in [5.41, 5.74) is 3.45. The van der Waals surface area contributed by atoms with Crippen molar-refractivity contribution in [1.82, 2.24) is 0 Å². The lowest BCUT2D eigenvalue weighted by molar-refractivity contribution is 0.324. The Hall–Kier alpha value is -1.60. The van der Waals surface area contributed by atoms with Crippen molar-refractivity contribution in [2.45, 2.75) is 20.8 Å². The van der Waals surface area contributed by atoms with E-state index in [1.807, 2.05) is 13.8 Å². The van der Waals surface area contributed by atoms with E-state index in [9.17, 15) is 4.79 Å². The van der Waals surface area contributed by atoms with Crippen LogP contribution in [0.5, 0.6) is 5.75 Å². The lowest BCUT2D eigenvalue weighted by atomic mass is 10.1. The van der Waals surface area contributed by atoms with Gasteiger partial charge in [-0.25, -0.2) is 9.79 Å². The first kappa shape index (κ1) is 11.5. The smallest absolute Gasteiger partial charge is 0.235 e. The molecule has 1 rings (SSSR count). The number of aryl methyl sites for hydroxylation is 3. The SMILES string of the molecule is Cc1cc(C)c(OCCN=C=O)c(C)c1. The molecule has 0 unspecified atom stereocenters. The van der Waals surface area contributed by atoms with Crippen molar-refractivity contribution in [3.63, 3.8) is 0 Å². The van der Waals surface area contributed by atoms with E-state index in [4.69, 9.17) is 4.74 Å². The summed E-state index contributed by atoms with van der Waals surface area (Å²) in [6.07, 6.45) is 1.49. The van der Waals surface area contributed by atoms with Crippen molar-refractivity contribution < 1.29 is 9.53 Å². The Morgan fingerprint density at radius 2 is 1.87 bits per heavy atom. The van der Waals surface area contributed by atoms with Gasteiger partial charge in [0.15, 0.2) is 0 Å². The Kier molecular flexibility index (Phi) is 4.07. The summed E-state index contributed by atoms with van der Waals surface area (Å²) in [6, 6.07) is 4.15. The van der Waals surface area contributed by atoms with E-state index in [0.29, 0.717) is 13.2 Å².